The van der Waals surface area contributed by atoms with E-state index in [1.54, 1.807) is 12.1 Å². The van der Waals surface area contributed by atoms with Crippen molar-refractivity contribution in [1.29, 1.82) is 0 Å². The molecule has 0 fully saturated rings. The van der Waals surface area contributed by atoms with Crippen LogP contribution < -0.4 is 20.5 Å². The zero-order chi connectivity index (χ0) is 24.9. The van der Waals surface area contributed by atoms with E-state index in [4.69, 9.17) is 38.4 Å². The SMILES string of the molecule is CCCOc1ccc(OCCC(CCCCNCC(O)c2cc(Cl)c(N)c(Cl)c2)C(=O)O)cc1. The number of anilines is 1. The number of carboxylic acid groups (broad SMARTS) is 1. The Hall–Kier alpha value is -2.19. The second-order valence-electron chi connectivity index (χ2n) is 8.11. The third-order valence-corrected chi connectivity index (χ3v) is 5.99. The van der Waals surface area contributed by atoms with Gasteiger partial charge in [0.25, 0.3) is 0 Å². The third kappa shape index (κ3) is 9.58. The van der Waals surface area contributed by atoms with Gasteiger partial charge >= 0.3 is 5.97 Å². The van der Waals surface area contributed by atoms with Crippen molar-refractivity contribution in [3.8, 4) is 11.5 Å². The maximum atomic E-state index is 11.6. The predicted octanol–water partition coefficient (Wildman–Crippen LogP) is 5.33. The summed E-state index contributed by atoms with van der Waals surface area (Å²) >= 11 is 12.0. The molecule has 34 heavy (non-hydrogen) atoms. The molecule has 5 N–H and O–H groups in total. The lowest BCUT2D eigenvalue weighted by atomic mass is 9.99. The molecule has 0 bridgehead atoms. The molecule has 0 spiro atoms. The lowest BCUT2D eigenvalue weighted by Gasteiger charge is -2.15. The standard InChI is InChI=1S/C25H34Cl2N2O5/c1-2-12-33-19-6-8-20(9-7-19)34-13-10-17(25(31)32)5-3-4-11-29-16-23(30)18-14-21(26)24(28)22(27)15-18/h6-9,14-15,17,23,29-30H,2-5,10-13,16,28H2,1H3,(H,31,32). The van der Waals surface area contributed by atoms with Gasteiger partial charge in [-0.05, 0) is 74.2 Å². The number of unbranched alkanes of at least 4 members (excludes halogenated alkanes) is 1. The summed E-state index contributed by atoms with van der Waals surface area (Å²) in [6.45, 7) is 4.04. The van der Waals surface area contributed by atoms with Crippen LogP contribution in [0.4, 0.5) is 5.69 Å². The van der Waals surface area contributed by atoms with Crippen molar-refractivity contribution in [1.82, 2.24) is 5.32 Å². The van der Waals surface area contributed by atoms with Crippen LogP contribution in [0.25, 0.3) is 0 Å². The van der Waals surface area contributed by atoms with Gasteiger partial charge in [-0.15, -0.1) is 0 Å². The summed E-state index contributed by atoms with van der Waals surface area (Å²) in [4.78, 5) is 11.6. The highest BCUT2D eigenvalue weighted by atomic mass is 35.5. The Kier molecular flexibility index (Phi) is 12.3. The Bertz CT molecular complexity index is 872. The molecule has 188 valence electrons. The normalized spacial score (nSPS) is 12.8. The van der Waals surface area contributed by atoms with Gasteiger partial charge in [-0.2, -0.15) is 0 Å². The average Bonchev–Trinajstić information content (AvgIpc) is 2.82. The van der Waals surface area contributed by atoms with Gasteiger partial charge in [-0.3, -0.25) is 4.79 Å². The average molecular weight is 513 g/mol. The molecule has 0 aromatic heterocycles. The molecule has 9 heteroatoms. The van der Waals surface area contributed by atoms with Crippen LogP contribution in [0.15, 0.2) is 36.4 Å². The van der Waals surface area contributed by atoms with Crippen LogP contribution >= 0.6 is 23.2 Å². The molecule has 0 aliphatic rings. The first kappa shape index (κ1) is 28.1. The maximum absolute atomic E-state index is 11.6. The second-order valence-corrected chi connectivity index (χ2v) is 8.92. The van der Waals surface area contributed by atoms with Gasteiger partial charge in [0, 0.05) is 6.54 Å². The molecule has 0 heterocycles. The number of nitrogen functional groups attached to an aromatic ring is 1. The molecule has 0 radical (unpaired) electrons. The monoisotopic (exact) mass is 512 g/mol. The zero-order valence-corrected chi connectivity index (χ0v) is 20.9. The summed E-state index contributed by atoms with van der Waals surface area (Å²) in [6, 6.07) is 10.5. The predicted molar refractivity (Wildman–Crippen MR) is 136 cm³/mol. The Morgan fingerprint density at radius 2 is 1.62 bits per heavy atom. The number of aliphatic carboxylic acids is 1. The lowest BCUT2D eigenvalue weighted by Crippen LogP contribution is -2.23. The maximum Gasteiger partial charge on any atom is 0.306 e. The van der Waals surface area contributed by atoms with Crippen LogP contribution in [-0.4, -0.2) is 42.5 Å². The minimum atomic E-state index is -0.813. The molecule has 2 unspecified atom stereocenters. The number of halogens is 2. The van der Waals surface area contributed by atoms with Crippen molar-refractivity contribution in [3.63, 3.8) is 0 Å². The number of aliphatic hydroxyl groups is 1. The highest BCUT2D eigenvalue weighted by molar-refractivity contribution is 6.38. The number of nitrogens with one attached hydrogen (secondary N) is 1. The van der Waals surface area contributed by atoms with E-state index >= 15 is 0 Å². The van der Waals surface area contributed by atoms with Crippen LogP contribution in [0.1, 0.15) is 50.7 Å². The van der Waals surface area contributed by atoms with Gasteiger partial charge in [0.1, 0.15) is 11.5 Å². The number of rotatable bonds is 16. The minimum absolute atomic E-state index is 0.292. The molecule has 2 aromatic carbocycles. The van der Waals surface area contributed by atoms with E-state index < -0.39 is 18.0 Å². The summed E-state index contributed by atoms with van der Waals surface area (Å²) in [5, 5.41) is 23.6. The first-order chi connectivity index (χ1) is 16.3. The number of hydrogen-bond acceptors (Lipinski definition) is 6. The third-order valence-electron chi connectivity index (χ3n) is 5.36. The number of hydrogen-bond donors (Lipinski definition) is 4. The molecule has 0 aliphatic carbocycles. The van der Waals surface area contributed by atoms with E-state index in [0.29, 0.717) is 66.2 Å². The van der Waals surface area contributed by atoms with E-state index in [0.717, 1.165) is 25.0 Å². The van der Waals surface area contributed by atoms with E-state index in [9.17, 15) is 15.0 Å². The van der Waals surface area contributed by atoms with Gasteiger partial charge in [-0.25, -0.2) is 0 Å². The van der Waals surface area contributed by atoms with E-state index in [2.05, 4.69) is 5.32 Å². The summed E-state index contributed by atoms with van der Waals surface area (Å²) < 4.78 is 11.2. The molecule has 2 aromatic rings. The van der Waals surface area contributed by atoms with Gasteiger partial charge in [0.05, 0.1) is 41.0 Å². The number of benzene rings is 2. The van der Waals surface area contributed by atoms with Gasteiger partial charge in [0.2, 0.25) is 0 Å². The van der Waals surface area contributed by atoms with Crippen LogP contribution in [0, 0.1) is 5.92 Å². The molecular formula is C25H34Cl2N2O5. The number of ether oxygens (including phenoxy) is 2. The van der Waals surface area contributed by atoms with Crippen LogP contribution in [0.2, 0.25) is 10.0 Å². The smallest absolute Gasteiger partial charge is 0.306 e. The van der Waals surface area contributed by atoms with Gasteiger partial charge < -0.3 is 30.7 Å². The molecule has 2 rings (SSSR count). The summed E-state index contributed by atoms with van der Waals surface area (Å²) in [6.07, 6.45) is 2.72. The number of aliphatic hydroxyl groups excluding tert-OH is 1. The second kappa shape index (κ2) is 14.9. The number of carbonyl (C=O) groups is 1. The summed E-state index contributed by atoms with van der Waals surface area (Å²) in [7, 11) is 0. The molecule has 2 atom stereocenters. The first-order valence-electron chi connectivity index (χ1n) is 11.5. The minimum Gasteiger partial charge on any atom is -0.494 e. The highest BCUT2D eigenvalue weighted by Crippen LogP contribution is 2.31. The number of carboxylic acids is 1. The molecule has 0 amide bonds. The fourth-order valence-corrected chi connectivity index (χ4v) is 3.86. The molecule has 0 saturated carbocycles. The Morgan fingerprint density at radius 3 is 2.18 bits per heavy atom. The molecular weight excluding hydrogens is 479 g/mol. The molecule has 7 nitrogen and oxygen atoms in total. The molecule has 0 aliphatic heterocycles. The van der Waals surface area contributed by atoms with Crippen molar-refractivity contribution in [2.75, 3.05) is 32.0 Å². The van der Waals surface area contributed by atoms with Gasteiger partial charge in [0.15, 0.2) is 0 Å². The highest BCUT2D eigenvalue weighted by Gasteiger charge is 2.17. The Balaban J connectivity index is 1.63. The summed E-state index contributed by atoms with van der Waals surface area (Å²) in [5.74, 6) is 0.212. The fraction of sp³-hybridized carbons (Fsp3) is 0.480. The molecule has 0 saturated heterocycles. The fourth-order valence-electron chi connectivity index (χ4n) is 3.36. The van der Waals surface area contributed by atoms with Crippen molar-refractivity contribution in [2.24, 2.45) is 5.92 Å². The lowest BCUT2D eigenvalue weighted by molar-refractivity contribution is -0.142. The number of nitrogens with two attached hydrogens (primary N) is 1. The van der Waals surface area contributed by atoms with Crippen molar-refractivity contribution < 1.29 is 24.5 Å². The Labute approximate surface area is 211 Å². The van der Waals surface area contributed by atoms with E-state index in [-0.39, 0.29) is 0 Å². The van der Waals surface area contributed by atoms with Gasteiger partial charge in [-0.1, -0.05) is 36.5 Å². The zero-order valence-electron chi connectivity index (χ0n) is 19.4. The van der Waals surface area contributed by atoms with E-state index in [1.807, 2.05) is 31.2 Å². The first-order valence-corrected chi connectivity index (χ1v) is 12.3. The quantitative estimate of drug-likeness (QED) is 0.177. The van der Waals surface area contributed by atoms with Crippen LogP contribution in [-0.2, 0) is 4.79 Å². The van der Waals surface area contributed by atoms with E-state index in [1.165, 1.54) is 0 Å². The van der Waals surface area contributed by atoms with Crippen molar-refractivity contribution >= 4 is 34.9 Å². The van der Waals surface area contributed by atoms with Crippen molar-refractivity contribution in [2.45, 2.75) is 45.1 Å². The largest absolute Gasteiger partial charge is 0.494 e. The van der Waals surface area contributed by atoms with Crippen LogP contribution in [0.5, 0.6) is 11.5 Å². The van der Waals surface area contributed by atoms with Crippen LogP contribution in [0.3, 0.4) is 0 Å². The Morgan fingerprint density at radius 1 is 1.03 bits per heavy atom. The van der Waals surface area contributed by atoms with Crippen molar-refractivity contribution in [3.05, 3.63) is 52.0 Å². The summed E-state index contributed by atoms with van der Waals surface area (Å²) in [5.41, 5.74) is 6.60. The topological polar surface area (TPSA) is 114 Å².